The van der Waals surface area contributed by atoms with Crippen LogP contribution in [-0.2, 0) is 20.9 Å². The zero-order valence-corrected chi connectivity index (χ0v) is 11.3. The molecule has 0 bridgehead atoms. The van der Waals surface area contributed by atoms with Crippen LogP contribution in [0.2, 0.25) is 0 Å². The van der Waals surface area contributed by atoms with E-state index < -0.39 is 36.6 Å². The van der Waals surface area contributed by atoms with E-state index in [0.717, 1.165) is 12.0 Å². The maximum atomic E-state index is 12.6. The number of nitrogen functional groups attached to an aromatic ring is 1. The minimum atomic E-state index is -3.23. The minimum Gasteiger partial charge on any atom is -0.467 e. The predicted molar refractivity (Wildman–Crippen MR) is 75.0 cm³/mol. The van der Waals surface area contributed by atoms with Gasteiger partial charge in [0.25, 0.3) is 5.91 Å². The van der Waals surface area contributed by atoms with Gasteiger partial charge in [-0.25, -0.2) is 4.79 Å². The Morgan fingerprint density at radius 1 is 1.52 bits per heavy atom. The summed E-state index contributed by atoms with van der Waals surface area (Å²) in [5, 5.41) is 0. The number of hydrogen-bond donors (Lipinski definition) is 2. The molecule has 7 nitrogen and oxygen atoms in total. The number of amides is 2. The second-order valence-electron chi connectivity index (χ2n) is 4.37. The van der Waals surface area contributed by atoms with E-state index in [4.69, 9.17) is 17.0 Å². The summed E-state index contributed by atoms with van der Waals surface area (Å²) in [7, 11) is 0.966. The molecule has 21 heavy (non-hydrogen) atoms. The van der Waals surface area contributed by atoms with Gasteiger partial charge in [0.1, 0.15) is 6.04 Å². The van der Waals surface area contributed by atoms with Gasteiger partial charge in [0.2, 0.25) is 5.91 Å². The molecule has 1 unspecified atom stereocenters. The molecule has 1 aliphatic heterocycles. The molecule has 0 aromatic heterocycles. The van der Waals surface area contributed by atoms with E-state index in [-0.39, 0.29) is 17.8 Å². The number of nitrogens with zero attached hydrogens (tertiary/aromatic N) is 1. The highest BCUT2D eigenvalue weighted by Gasteiger charge is 2.37. The molecule has 1 atom stereocenters. The van der Waals surface area contributed by atoms with E-state index in [1.807, 2.05) is 0 Å². The molecule has 1 aromatic rings. The number of anilines is 1. The average molecular weight is 295 g/mol. The van der Waals surface area contributed by atoms with Crippen LogP contribution in [0.4, 0.5) is 5.69 Å². The number of esters is 1. The summed E-state index contributed by atoms with van der Waals surface area (Å²) < 4.78 is 35.9. The van der Waals surface area contributed by atoms with E-state index in [0.29, 0.717) is 5.56 Å². The fourth-order valence-electron chi connectivity index (χ4n) is 2.10. The van der Waals surface area contributed by atoms with Crippen molar-refractivity contribution in [3.05, 3.63) is 29.3 Å². The molecule has 0 saturated carbocycles. The number of hydrogen-bond acceptors (Lipinski definition) is 5. The van der Waals surface area contributed by atoms with Crippen molar-refractivity contribution in [1.82, 2.24) is 4.90 Å². The van der Waals surface area contributed by atoms with E-state index in [9.17, 15) is 14.4 Å². The third kappa shape index (κ3) is 2.81. The molecular formula is C14H17N3O4. The second-order valence-corrected chi connectivity index (χ2v) is 4.37. The topological polar surface area (TPSA) is 116 Å². The van der Waals surface area contributed by atoms with E-state index >= 15 is 0 Å². The van der Waals surface area contributed by atoms with Gasteiger partial charge in [0, 0.05) is 35.2 Å². The van der Waals surface area contributed by atoms with Crippen molar-refractivity contribution in [3.8, 4) is 0 Å². The highest BCUT2D eigenvalue weighted by Crippen LogP contribution is 2.30. The van der Waals surface area contributed by atoms with Crippen molar-refractivity contribution in [1.29, 1.82) is 0 Å². The summed E-state index contributed by atoms with van der Waals surface area (Å²) in [6, 6.07) is 2.50. The number of carbonyl (C=O) groups is 3. The number of fused-ring (bicyclic) bond motifs is 1. The predicted octanol–water partition coefficient (Wildman–Crippen LogP) is 0.0317. The molecule has 2 amide bonds. The fraction of sp³-hybridized carbons (Fsp3) is 0.357. The Labute approximate surface area is 127 Å². The van der Waals surface area contributed by atoms with Crippen LogP contribution in [0.25, 0.3) is 0 Å². The number of benzene rings is 1. The van der Waals surface area contributed by atoms with E-state index in [2.05, 4.69) is 4.74 Å². The summed E-state index contributed by atoms with van der Waals surface area (Å²) in [6.07, 6.45) is -6.37. The van der Waals surface area contributed by atoms with E-state index in [1.54, 1.807) is 6.07 Å². The van der Waals surface area contributed by atoms with Gasteiger partial charge in [0.05, 0.1) is 7.11 Å². The number of primary amides is 1. The number of carbonyl (C=O) groups excluding carboxylic acids is 3. The SMILES string of the molecule is [2H]C([2H])(C(N)=O)C([2H])([2H])C(C(=O)OC)N1Cc2c(N)cccc2C1=O. The normalized spacial score (nSPS) is 18.9. The summed E-state index contributed by atoms with van der Waals surface area (Å²) in [4.78, 5) is 37.0. The highest BCUT2D eigenvalue weighted by atomic mass is 16.5. The van der Waals surface area contributed by atoms with Crippen LogP contribution in [0.5, 0.6) is 0 Å². The van der Waals surface area contributed by atoms with Crippen LogP contribution in [0.3, 0.4) is 0 Å². The fourth-order valence-corrected chi connectivity index (χ4v) is 2.10. The number of nitrogens with two attached hydrogens (primary N) is 2. The van der Waals surface area contributed by atoms with Gasteiger partial charge in [0.15, 0.2) is 0 Å². The van der Waals surface area contributed by atoms with Gasteiger partial charge in [-0.05, 0) is 18.5 Å². The van der Waals surface area contributed by atoms with Gasteiger partial charge in [-0.1, -0.05) is 6.07 Å². The van der Waals surface area contributed by atoms with Crippen LogP contribution >= 0.6 is 0 Å². The van der Waals surface area contributed by atoms with E-state index in [1.165, 1.54) is 12.1 Å². The Morgan fingerprint density at radius 2 is 2.24 bits per heavy atom. The first kappa shape index (κ1) is 10.2. The summed E-state index contributed by atoms with van der Waals surface area (Å²) in [5.41, 5.74) is 11.6. The first-order valence-corrected chi connectivity index (χ1v) is 6.03. The lowest BCUT2D eigenvalue weighted by molar-refractivity contribution is -0.146. The molecule has 4 N–H and O–H groups in total. The van der Waals surface area contributed by atoms with Crippen LogP contribution in [-0.4, -0.2) is 35.8 Å². The van der Waals surface area contributed by atoms with Gasteiger partial charge < -0.3 is 21.1 Å². The van der Waals surface area contributed by atoms with Gasteiger partial charge in [-0.3, -0.25) is 9.59 Å². The smallest absolute Gasteiger partial charge is 0.328 e. The zero-order valence-electron chi connectivity index (χ0n) is 15.3. The standard InChI is InChI=1S/C14H17N3O4/c1-21-14(20)11(5-6-12(16)18)17-7-9-8(13(17)19)3-2-4-10(9)15/h2-4,11H,5-7,15H2,1H3,(H2,16,18)/i5D2,6D2. The molecule has 7 heteroatoms. The molecule has 112 valence electrons. The maximum absolute atomic E-state index is 12.6. The van der Waals surface area contributed by atoms with Crippen LogP contribution < -0.4 is 11.5 Å². The summed E-state index contributed by atoms with van der Waals surface area (Å²) >= 11 is 0. The quantitative estimate of drug-likeness (QED) is 0.587. The number of methoxy groups -OCH3 is 1. The summed E-state index contributed by atoms with van der Waals surface area (Å²) in [5.74, 6) is -3.54. The largest absolute Gasteiger partial charge is 0.467 e. The van der Waals surface area contributed by atoms with Crippen molar-refractivity contribution in [2.75, 3.05) is 12.8 Å². The van der Waals surface area contributed by atoms with Gasteiger partial charge in [-0.15, -0.1) is 0 Å². The molecule has 0 fully saturated rings. The van der Waals surface area contributed by atoms with Crippen LogP contribution in [0.1, 0.15) is 34.2 Å². The third-order valence-electron chi connectivity index (χ3n) is 3.10. The molecule has 1 heterocycles. The molecule has 2 rings (SSSR count). The monoisotopic (exact) mass is 295 g/mol. The van der Waals surface area contributed by atoms with Crippen molar-refractivity contribution >= 4 is 23.5 Å². The van der Waals surface area contributed by atoms with Crippen LogP contribution in [0, 0.1) is 0 Å². The molecule has 0 radical (unpaired) electrons. The number of rotatable bonds is 5. The Balaban J connectivity index is 2.55. The lowest BCUT2D eigenvalue weighted by atomic mass is 10.1. The molecule has 0 aliphatic carbocycles. The zero-order chi connectivity index (χ0) is 19.2. The maximum Gasteiger partial charge on any atom is 0.328 e. The Kier molecular flexibility index (Phi) is 2.83. The first-order chi connectivity index (χ1) is 11.5. The van der Waals surface area contributed by atoms with Gasteiger partial charge in [-0.2, -0.15) is 0 Å². The van der Waals surface area contributed by atoms with Crippen molar-refractivity contribution in [3.63, 3.8) is 0 Å². The summed E-state index contributed by atoms with van der Waals surface area (Å²) in [6.45, 7) is -0.227. The highest BCUT2D eigenvalue weighted by molar-refractivity contribution is 6.02. The molecule has 1 aliphatic rings. The molecular weight excluding hydrogens is 274 g/mol. The minimum absolute atomic E-state index is 0.171. The molecule has 0 saturated heterocycles. The van der Waals surface area contributed by atoms with Crippen molar-refractivity contribution in [2.24, 2.45) is 5.73 Å². The van der Waals surface area contributed by atoms with Crippen LogP contribution in [0.15, 0.2) is 18.2 Å². The molecule has 1 aromatic carbocycles. The average Bonchev–Trinajstić information content (AvgIpc) is 2.85. The Bertz CT molecular complexity index is 754. The van der Waals surface area contributed by atoms with Crippen molar-refractivity contribution in [2.45, 2.75) is 25.3 Å². The van der Waals surface area contributed by atoms with Gasteiger partial charge >= 0.3 is 5.97 Å². The Morgan fingerprint density at radius 3 is 2.81 bits per heavy atom. The Hall–Kier alpha value is -2.57. The number of ether oxygens (including phenoxy) is 1. The van der Waals surface area contributed by atoms with Crippen molar-refractivity contribution < 1.29 is 24.6 Å². The lowest BCUT2D eigenvalue weighted by Crippen LogP contribution is -2.42. The molecule has 0 spiro atoms. The first-order valence-electron chi connectivity index (χ1n) is 8.03. The second kappa shape index (κ2) is 5.82. The lowest BCUT2D eigenvalue weighted by Gasteiger charge is -2.25. The third-order valence-corrected chi connectivity index (χ3v) is 3.10.